The molecule has 0 radical (unpaired) electrons. The van der Waals surface area contributed by atoms with E-state index in [9.17, 15) is 0 Å². The van der Waals surface area contributed by atoms with Crippen LogP contribution in [0.15, 0.2) is 42.5 Å². The van der Waals surface area contributed by atoms with Gasteiger partial charge in [-0.2, -0.15) is 5.26 Å². The minimum absolute atomic E-state index is 0.117. The van der Waals surface area contributed by atoms with Crippen molar-refractivity contribution < 1.29 is 0 Å². The molecule has 1 aliphatic heterocycles. The highest BCUT2D eigenvalue weighted by molar-refractivity contribution is 6.31. The summed E-state index contributed by atoms with van der Waals surface area (Å²) in [6.07, 6.45) is 2.13. The predicted molar refractivity (Wildman–Crippen MR) is 92.6 cm³/mol. The average molecular weight is 322 g/mol. The summed E-state index contributed by atoms with van der Waals surface area (Å²) in [5.41, 5.74) is 5.55. The zero-order valence-electron chi connectivity index (χ0n) is 12.6. The van der Waals surface area contributed by atoms with E-state index >= 15 is 0 Å². The first-order chi connectivity index (χ1) is 11.3. The van der Waals surface area contributed by atoms with Gasteiger partial charge >= 0.3 is 0 Å². The summed E-state index contributed by atoms with van der Waals surface area (Å²) in [5, 5.41) is 14.6. The van der Waals surface area contributed by atoms with Crippen LogP contribution in [0, 0.1) is 11.3 Å². The molecule has 1 atom stereocenters. The second kappa shape index (κ2) is 5.73. The Balaban J connectivity index is 1.86. The maximum Gasteiger partial charge on any atom is 0.0991 e. The van der Waals surface area contributed by atoms with Crippen LogP contribution in [0.4, 0.5) is 0 Å². The highest BCUT2D eigenvalue weighted by Crippen LogP contribution is 2.34. The number of H-pyrrole nitrogens is 1. The van der Waals surface area contributed by atoms with Crippen molar-refractivity contribution >= 4 is 22.5 Å². The molecule has 2 heterocycles. The number of benzene rings is 2. The molecule has 4 heteroatoms. The normalized spacial score (nSPS) is 17.5. The quantitative estimate of drug-likeness (QED) is 0.701. The number of fused-ring (bicyclic) bond motifs is 3. The van der Waals surface area contributed by atoms with Gasteiger partial charge in [0.2, 0.25) is 0 Å². The first-order valence-corrected chi connectivity index (χ1v) is 8.17. The molecular weight excluding hydrogens is 306 g/mol. The largest absolute Gasteiger partial charge is 0.357 e. The minimum Gasteiger partial charge on any atom is -0.357 e. The van der Waals surface area contributed by atoms with Crippen molar-refractivity contribution in [3.05, 3.63) is 69.9 Å². The minimum atomic E-state index is 0.117. The molecule has 114 valence electrons. The van der Waals surface area contributed by atoms with Gasteiger partial charge in [-0.1, -0.05) is 23.7 Å². The molecule has 4 rings (SSSR count). The predicted octanol–water partition coefficient (Wildman–Crippen LogP) is 4.32. The molecule has 1 aromatic heterocycles. The topological polar surface area (TPSA) is 51.6 Å². The van der Waals surface area contributed by atoms with Gasteiger partial charge in [-0.05, 0) is 60.8 Å². The van der Waals surface area contributed by atoms with Crippen molar-refractivity contribution in [1.29, 1.82) is 5.26 Å². The van der Waals surface area contributed by atoms with E-state index in [1.54, 1.807) is 0 Å². The molecule has 0 aliphatic carbocycles. The molecule has 0 saturated carbocycles. The van der Waals surface area contributed by atoms with Crippen LogP contribution in [0.5, 0.6) is 0 Å². The van der Waals surface area contributed by atoms with Crippen molar-refractivity contribution in [3.8, 4) is 6.07 Å². The summed E-state index contributed by atoms with van der Waals surface area (Å²) in [6, 6.07) is 16.1. The number of nitriles is 1. The highest BCUT2D eigenvalue weighted by Gasteiger charge is 2.23. The summed E-state index contributed by atoms with van der Waals surface area (Å²) in [7, 11) is 0. The lowest BCUT2D eigenvalue weighted by atomic mass is 9.98. The fourth-order valence-corrected chi connectivity index (χ4v) is 3.58. The van der Waals surface area contributed by atoms with Crippen LogP contribution >= 0.6 is 11.6 Å². The third kappa shape index (κ3) is 2.50. The molecular formula is C19H16ClN3. The fourth-order valence-electron chi connectivity index (χ4n) is 3.40. The average Bonchev–Trinajstić information content (AvgIpc) is 2.79. The van der Waals surface area contributed by atoms with Crippen molar-refractivity contribution in [2.45, 2.75) is 18.9 Å². The number of aryl methyl sites for hydroxylation is 1. The number of rotatable bonds is 1. The maximum absolute atomic E-state index is 8.98. The molecule has 1 unspecified atom stereocenters. The Kier molecular flexibility index (Phi) is 3.57. The third-order valence-corrected chi connectivity index (χ3v) is 4.75. The summed E-state index contributed by atoms with van der Waals surface area (Å²) in [6.45, 7) is 0.968. The van der Waals surface area contributed by atoms with E-state index in [0.717, 1.165) is 29.9 Å². The van der Waals surface area contributed by atoms with E-state index < -0.39 is 0 Å². The van der Waals surface area contributed by atoms with Gasteiger partial charge in [-0.15, -0.1) is 0 Å². The fraction of sp³-hybridized carbons (Fsp3) is 0.211. The van der Waals surface area contributed by atoms with E-state index in [4.69, 9.17) is 16.9 Å². The van der Waals surface area contributed by atoms with Gasteiger partial charge in [0.15, 0.2) is 0 Å². The Bertz CT molecular complexity index is 903. The van der Waals surface area contributed by atoms with Crippen LogP contribution in [0.25, 0.3) is 10.9 Å². The van der Waals surface area contributed by atoms with Gasteiger partial charge in [-0.3, -0.25) is 0 Å². The molecule has 0 spiro atoms. The summed E-state index contributed by atoms with van der Waals surface area (Å²) < 4.78 is 0. The smallest absolute Gasteiger partial charge is 0.0991 e. The van der Waals surface area contributed by atoms with Gasteiger partial charge in [0.1, 0.15) is 0 Å². The van der Waals surface area contributed by atoms with Gasteiger partial charge < -0.3 is 10.3 Å². The maximum atomic E-state index is 8.98. The lowest BCUT2D eigenvalue weighted by Crippen LogP contribution is -2.22. The van der Waals surface area contributed by atoms with Gasteiger partial charge in [-0.25, -0.2) is 0 Å². The second-order valence-electron chi connectivity index (χ2n) is 5.93. The lowest BCUT2D eigenvalue weighted by Gasteiger charge is -2.17. The molecule has 3 nitrogen and oxygen atoms in total. The lowest BCUT2D eigenvalue weighted by molar-refractivity contribution is 0.601. The standard InChI is InChI=1S/C19H16ClN3/c20-14-7-8-17-16(10-14)15-2-1-9-22-18(19(15)23-17)13-5-3-12(11-21)4-6-13/h3-8,10,18,22-23H,1-2,9H2. The summed E-state index contributed by atoms with van der Waals surface area (Å²) in [5.74, 6) is 0. The Hall–Kier alpha value is -2.28. The molecule has 2 aromatic carbocycles. The first-order valence-electron chi connectivity index (χ1n) is 7.80. The zero-order chi connectivity index (χ0) is 15.8. The number of aromatic nitrogens is 1. The monoisotopic (exact) mass is 321 g/mol. The van der Waals surface area contributed by atoms with Crippen molar-refractivity contribution in [2.75, 3.05) is 6.54 Å². The van der Waals surface area contributed by atoms with Gasteiger partial charge in [0.25, 0.3) is 0 Å². The van der Waals surface area contributed by atoms with Crippen LogP contribution in [0.3, 0.4) is 0 Å². The number of aromatic amines is 1. The number of nitrogens with one attached hydrogen (secondary N) is 2. The first kappa shape index (κ1) is 14.3. The number of nitrogens with zero attached hydrogens (tertiary/aromatic N) is 1. The molecule has 3 aromatic rings. The van der Waals surface area contributed by atoms with Crippen LogP contribution in [0.2, 0.25) is 5.02 Å². The molecule has 2 N–H and O–H groups in total. The van der Waals surface area contributed by atoms with Crippen molar-refractivity contribution in [1.82, 2.24) is 10.3 Å². The van der Waals surface area contributed by atoms with Gasteiger partial charge in [0, 0.05) is 21.6 Å². The Labute approximate surface area is 139 Å². The Morgan fingerprint density at radius 2 is 1.96 bits per heavy atom. The molecule has 1 aliphatic rings. The van der Waals surface area contributed by atoms with Crippen LogP contribution < -0.4 is 5.32 Å². The SMILES string of the molecule is N#Cc1ccc(C2NCCCc3c2[nH]c2ccc(Cl)cc32)cc1. The Morgan fingerprint density at radius 3 is 2.74 bits per heavy atom. The zero-order valence-corrected chi connectivity index (χ0v) is 13.3. The second-order valence-corrected chi connectivity index (χ2v) is 6.37. The molecule has 23 heavy (non-hydrogen) atoms. The van der Waals surface area contributed by atoms with E-state index in [1.807, 2.05) is 42.5 Å². The van der Waals surface area contributed by atoms with E-state index in [1.165, 1.54) is 22.2 Å². The van der Waals surface area contributed by atoms with Crippen molar-refractivity contribution in [3.63, 3.8) is 0 Å². The Morgan fingerprint density at radius 1 is 1.13 bits per heavy atom. The van der Waals surface area contributed by atoms with Gasteiger partial charge in [0.05, 0.1) is 17.7 Å². The molecule has 0 amide bonds. The summed E-state index contributed by atoms with van der Waals surface area (Å²) >= 11 is 6.19. The summed E-state index contributed by atoms with van der Waals surface area (Å²) in [4.78, 5) is 3.57. The molecule has 0 fully saturated rings. The number of halogens is 1. The number of hydrogen-bond donors (Lipinski definition) is 2. The van der Waals surface area contributed by atoms with Crippen LogP contribution in [-0.4, -0.2) is 11.5 Å². The van der Waals surface area contributed by atoms with E-state index in [2.05, 4.69) is 16.4 Å². The van der Waals surface area contributed by atoms with E-state index in [0.29, 0.717) is 5.56 Å². The van der Waals surface area contributed by atoms with E-state index in [-0.39, 0.29) is 6.04 Å². The third-order valence-electron chi connectivity index (χ3n) is 4.51. The molecule has 0 saturated heterocycles. The van der Waals surface area contributed by atoms with Crippen LogP contribution in [-0.2, 0) is 6.42 Å². The highest BCUT2D eigenvalue weighted by atomic mass is 35.5. The molecule has 0 bridgehead atoms. The number of hydrogen-bond acceptors (Lipinski definition) is 2. The van der Waals surface area contributed by atoms with Crippen LogP contribution in [0.1, 0.15) is 34.8 Å². The van der Waals surface area contributed by atoms with Crippen molar-refractivity contribution in [2.24, 2.45) is 0 Å².